The summed E-state index contributed by atoms with van der Waals surface area (Å²) < 4.78 is 10.9. The zero-order valence-electron chi connectivity index (χ0n) is 11.8. The summed E-state index contributed by atoms with van der Waals surface area (Å²) in [6.45, 7) is 8.61. The van der Waals surface area contributed by atoms with Crippen LogP contribution in [0, 0.1) is 0 Å². The van der Waals surface area contributed by atoms with E-state index in [0.29, 0.717) is 0 Å². The fourth-order valence-corrected chi connectivity index (χ4v) is 1.86. The molecule has 0 fully saturated rings. The van der Waals surface area contributed by atoms with Crippen LogP contribution in [0.3, 0.4) is 0 Å². The topological polar surface area (TPSA) is 21.7 Å². The molecule has 0 amide bonds. The van der Waals surface area contributed by atoms with Crippen LogP contribution in [0.4, 0.5) is 0 Å². The van der Waals surface area contributed by atoms with Gasteiger partial charge in [0.1, 0.15) is 11.5 Å². The minimum atomic E-state index is 0.772. The molecule has 0 bridgehead atoms. The molecule has 1 aromatic carbocycles. The Balaban J connectivity index is 2.17. The van der Waals surface area contributed by atoms with E-state index in [2.05, 4.69) is 18.7 Å². The Morgan fingerprint density at radius 3 is 2.44 bits per heavy atom. The van der Waals surface area contributed by atoms with Crippen LogP contribution in [0.25, 0.3) is 0 Å². The van der Waals surface area contributed by atoms with Gasteiger partial charge in [-0.1, -0.05) is 19.9 Å². The standard InChI is InChI=1S/C15H25NO2/c1-4-16(5-2)11-6-7-12-18-15-10-8-9-14(13-15)17-3/h8-10,13H,4-7,11-12H2,1-3H3. The van der Waals surface area contributed by atoms with Gasteiger partial charge in [-0.05, 0) is 44.6 Å². The smallest absolute Gasteiger partial charge is 0.122 e. The Morgan fingerprint density at radius 1 is 1.06 bits per heavy atom. The molecule has 0 saturated heterocycles. The second-order valence-corrected chi connectivity index (χ2v) is 4.26. The summed E-state index contributed by atoms with van der Waals surface area (Å²) in [5.74, 6) is 1.73. The van der Waals surface area contributed by atoms with E-state index in [1.165, 1.54) is 6.42 Å². The molecule has 0 aliphatic carbocycles. The molecule has 0 aliphatic heterocycles. The molecule has 1 aromatic rings. The van der Waals surface area contributed by atoms with Crippen molar-refractivity contribution < 1.29 is 9.47 Å². The third-order valence-electron chi connectivity index (χ3n) is 3.07. The molecule has 0 radical (unpaired) electrons. The summed E-state index contributed by atoms with van der Waals surface area (Å²) in [5.41, 5.74) is 0. The molecule has 0 saturated carbocycles. The van der Waals surface area contributed by atoms with E-state index < -0.39 is 0 Å². The first-order valence-corrected chi connectivity index (χ1v) is 6.79. The minimum absolute atomic E-state index is 0.772. The van der Waals surface area contributed by atoms with Gasteiger partial charge in [0.25, 0.3) is 0 Å². The first-order chi connectivity index (χ1) is 8.80. The third-order valence-corrected chi connectivity index (χ3v) is 3.07. The van der Waals surface area contributed by atoms with Crippen molar-refractivity contribution in [2.45, 2.75) is 26.7 Å². The van der Waals surface area contributed by atoms with Gasteiger partial charge >= 0.3 is 0 Å². The van der Waals surface area contributed by atoms with Gasteiger partial charge in [0, 0.05) is 6.07 Å². The van der Waals surface area contributed by atoms with E-state index in [4.69, 9.17) is 9.47 Å². The van der Waals surface area contributed by atoms with Crippen LogP contribution in [-0.2, 0) is 0 Å². The van der Waals surface area contributed by atoms with Gasteiger partial charge in [0.05, 0.1) is 13.7 Å². The number of hydrogen-bond donors (Lipinski definition) is 0. The lowest BCUT2D eigenvalue weighted by molar-refractivity contribution is 0.265. The Kier molecular flexibility index (Phi) is 7.26. The van der Waals surface area contributed by atoms with Gasteiger partial charge in [-0.3, -0.25) is 0 Å². The lowest BCUT2D eigenvalue weighted by atomic mass is 10.3. The van der Waals surface area contributed by atoms with Gasteiger partial charge in [-0.25, -0.2) is 0 Å². The second-order valence-electron chi connectivity index (χ2n) is 4.26. The molecule has 0 heterocycles. The first kappa shape index (κ1) is 14.8. The average molecular weight is 251 g/mol. The third kappa shape index (κ3) is 5.41. The molecule has 18 heavy (non-hydrogen) atoms. The van der Waals surface area contributed by atoms with E-state index in [0.717, 1.165) is 44.2 Å². The van der Waals surface area contributed by atoms with E-state index in [9.17, 15) is 0 Å². The van der Waals surface area contributed by atoms with Gasteiger partial charge < -0.3 is 14.4 Å². The van der Waals surface area contributed by atoms with Crippen molar-refractivity contribution in [2.24, 2.45) is 0 Å². The summed E-state index contributed by atoms with van der Waals surface area (Å²) in [6.07, 6.45) is 2.28. The Labute approximate surface area is 111 Å². The number of ether oxygens (including phenoxy) is 2. The Bertz CT molecular complexity index is 324. The second kappa shape index (κ2) is 8.81. The minimum Gasteiger partial charge on any atom is -0.497 e. The van der Waals surface area contributed by atoms with Gasteiger partial charge in [-0.15, -0.1) is 0 Å². The molecule has 0 aromatic heterocycles. The van der Waals surface area contributed by atoms with Crippen molar-refractivity contribution in [1.29, 1.82) is 0 Å². The summed E-state index contributed by atoms with van der Waals surface area (Å²) in [7, 11) is 1.67. The number of benzene rings is 1. The molecule has 0 aliphatic rings. The maximum atomic E-state index is 5.70. The van der Waals surface area contributed by atoms with Crippen LogP contribution in [-0.4, -0.2) is 38.3 Å². The molecule has 0 spiro atoms. The van der Waals surface area contributed by atoms with Crippen molar-refractivity contribution in [3.8, 4) is 11.5 Å². The first-order valence-electron chi connectivity index (χ1n) is 6.79. The number of unbranched alkanes of at least 4 members (excludes halogenated alkanes) is 1. The van der Waals surface area contributed by atoms with Gasteiger partial charge in [-0.2, -0.15) is 0 Å². The molecule has 3 nitrogen and oxygen atoms in total. The van der Waals surface area contributed by atoms with Crippen LogP contribution < -0.4 is 9.47 Å². The quantitative estimate of drug-likeness (QED) is 0.629. The zero-order chi connectivity index (χ0) is 13.2. The highest BCUT2D eigenvalue weighted by Crippen LogP contribution is 2.18. The predicted octanol–water partition coefficient (Wildman–Crippen LogP) is 3.20. The van der Waals surface area contributed by atoms with E-state index >= 15 is 0 Å². The summed E-state index contributed by atoms with van der Waals surface area (Å²) >= 11 is 0. The van der Waals surface area contributed by atoms with Crippen LogP contribution in [0.5, 0.6) is 11.5 Å². The number of methoxy groups -OCH3 is 1. The average Bonchev–Trinajstić information content (AvgIpc) is 2.43. The predicted molar refractivity (Wildman–Crippen MR) is 75.5 cm³/mol. The van der Waals surface area contributed by atoms with Crippen molar-refractivity contribution in [3.05, 3.63) is 24.3 Å². The fourth-order valence-electron chi connectivity index (χ4n) is 1.86. The maximum absolute atomic E-state index is 5.70. The lowest BCUT2D eigenvalue weighted by Gasteiger charge is -2.17. The molecular formula is C15H25NO2. The van der Waals surface area contributed by atoms with Crippen LogP contribution in [0.15, 0.2) is 24.3 Å². The van der Waals surface area contributed by atoms with Crippen LogP contribution in [0.2, 0.25) is 0 Å². The zero-order valence-corrected chi connectivity index (χ0v) is 11.8. The van der Waals surface area contributed by atoms with Gasteiger partial charge in [0.15, 0.2) is 0 Å². The Morgan fingerprint density at radius 2 is 1.78 bits per heavy atom. The van der Waals surface area contributed by atoms with Gasteiger partial charge in [0.2, 0.25) is 0 Å². The summed E-state index contributed by atoms with van der Waals surface area (Å²) in [5, 5.41) is 0. The maximum Gasteiger partial charge on any atom is 0.122 e. The SMILES string of the molecule is CCN(CC)CCCCOc1cccc(OC)c1. The van der Waals surface area contributed by atoms with E-state index in [1.807, 2.05) is 24.3 Å². The van der Waals surface area contributed by atoms with Crippen LogP contribution >= 0.6 is 0 Å². The molecular weight excluding hydrogens is 226 g/mol. The number of rotatable bonds is 9. The fraction of sp³-hybridized carbons (Fsp3) is 0.600. The summed E-state index contributed by atoms with van der Waals surface area (Å²) in [6, 6.07) is 7.76. The molecule has 3 heteroatoms. The molecule has 0 atom stereocenters. The van der Waals surface area contributed by atoms with E-state index in [1.54, 1.807) is 7.11 Å². The van der Waals surface area contributed by atoms with Crippen molar-refractivity contribution in [2.75, 3.05) is 33.4 Å². The Hall–Kier alpha value is -1.22. The molecule has 102 valence electrons. The largest absolute Gasteiger partial charge is 0.497 e. The van der Waals surface area contributed by atoms with Crippen molar-refractivity contribution in [1.82, 2.24) is 4.90 Å². The highest BCUT2D eigenvalue weighted by molar-refractivity contribution is 5.32. The van der Waals surface area contributed by atoms with Crippen molar-refractivity contribution >= 4 is 0 Å². The number of nitrogens with zero attached hydrogens (tertiary/aromatic N) is 1. The molecule has 0 unspecified atom stereocenters. The van der Waals surface area contributed by atoms with Crippen LogP contribution in [0.1, 0.15) is 26.7 Å². The lowest BCUT2D eigenvalue weighted by Crippen LogP contribution is -2.24. The highest BCUT2D eigenvalue weighted by atomic mass is 16.5. The normalized spacial score (nSPS) is 10.7. The number of hydrogen-bond acceptors (Lipinski definition) is 3. The summed E-state index contributed by atoms with van der Waals surface area (Å²) in [4.78, 5) is 2.44. The van der Waals surface area contributed by atoms with E-state index in [-0.39, 0.29) is 0 Å². The molecule has 0 N–H and O–H groups in total. The van der Waals surface area contributed by atoms with Crippen molar-refractivity contribution in [3.63, 3.8) is 0 Å². The highest BCUT2D eigenvalue weighted by Gasteiger charge is 1.99. The molecule has 1 rings (SSSR count). The monoisotopic (exact) mass is 251 g/mol.